The highest BCUT2D eigenvalue weighted by Crippen LogP contribution is 2.25. The quantitative estimate of drug-likeness (QED) is 0.691. The van der Waals surface area contributed by atoms with Gasteiger partial charge in [0.2, 0.25) is 0 Å². The number of ether oxygens (including phenoxy) is 2. The van der Waals surface area contributed by atoms with Crippen molar-refractivity contribution in [1.29, 1.82) is 0 Å². The molecule has 0 fully saturated rings. The smallest absolute Gasteiger partial charge is 0.122 e. The summed E-state index contributed by atoms with van der Waals surface area (Å²) >= 11 is 0. The fourth-order valence-electron chi connectivity index (χ4n) is 1.67. The minimum Gasteiger partial charge on any atom is -0.493 e. The largest absolute Gasteiger partial charge is 0.493 e. The molecule has 0 aliphatic carbocycles. The molecule has 1 aliphatic rings. The van der Waals surface area contributed by atoms with Crippen LogP contribution in [0.15, 0.2) is 18.2 Å². The molecule has 2 rings (SSSR count). The first-order valence-electron chi connectivity index (χ1n) is 4.63. The molecule has 0 spiro atoms. The summed E-state index contributed by atoms with van der Waals surface area (Å²) in [5.74, 6) is 1.05. The maximum Gasteiger partial charge on any atom is 0.122 e. The minimum absolute atomic E-state index is 0.688. The van der Waals surface area contributed by atoms with Crippen LogP contribution in [-0.2, 0) is 17.8 Å². The van der Waals surface area contributed by atoms with E-state index in [1.54, 1.807) is 7.11 Å². The van der Waals surface area contributed by atoms with Crippen LogP contribution in [0.4, 0.5) is 0 Å². The highest BCUT2D eigenvalue weighted by molar-refractivity contribution is 5.38. The van der Waals surface area contributed by atoms with Gasteiger partial charge in [-0.1, -0.05) is 6.07 Å². The topological polar surface area (TPSA) is 18.5 Å². The van der Waals surface area contributed by atoms with Gasteiger partial charge < -0.3 is 9.47 Å². The summed E-state index contributed by atoms with van der Waals surface area (Å²) in [7, 11) is 1.72. The highest BCUT2D eigenvalue weighted by atomic mass is 16.5. The van der Waals surface area contributed by atoms with Crippen molar-refractivity contribution in [2.45, 2.75) is 19.4 Å². The third-order valence-corrected chi connectivity index (χ3v) is 2.28. The Morgan fingerprint density at radius 2 is 2.38 bits per heavy atom. The van der Waals surface area contributed by atoms with Crippen LogP contribution in [0.2, 0.25) is 0 Å². The Balaban J connectivity index is 2.24. The minimum atomic E-state index is 0.688. The van der Waals surface area contributed by atoms with Crippen LogP contribution < -0.4 is 4.74 Å². The molecule has 0 radical (unpaired) electrons. The summed E-state index contributed by atoms with van der Waals surface area (Å²) in [5.41, 5.74) is 2.55. The number of rotatable bonds is 2. The van der Waals surface area contributed by atoms with Crippen LogP contribution in [-0.4, -0.2) is 13.7 Å². The Morgan fingerprint density at radius 1 is 1.46 bits per heavy atom. The van der Waals surface area contributed by atoms with Gasteiger partial charge in [0.25, 0.3) is 0 Å². The van der Waals surface area contributed by atoms with E-state index in [2.05, 4.69) is 12.1 Å². The molecule has 0 saturated carbocycles. The van der Waals surface area contributed by atoms with E-state index in [4.69, 9.17) is 9.47 Å². The third-order valence-electron chi connectivity index (χ3n) is 2.28. The van der Waals surface area contributed by atoms with Crippen LogP contribution in [0.3, 0.4) is 0 Å². The van der Waals surface area contributed by atoms with Crippen molar-refractivity contribution >= 4 is 0 Å². The second-order valence-corrected chi connectivity index (χ2v) is 3.33. The van der Waals surface area contributed by atoms with E-state index < -0.39 is 0 Å². The zero-order valence-corrected chi connectivity index (χ0v) is 7.88. The summed E-state index contributed by atoms with van der Waals surface area (Å²) in [4.78, 5) is 0. The predicted molar refractivity (Wildman–Crippen MR) is 51.0 cm³/mol. The molecule has 0 amide bonds. The van der Waals surface area contributed by atoms with Gasteiger partial charge in [-0.2, -0.15) is 0 Å². The lowest BCUT2D eigenvalue weighted by atomic mass is 10.0. The number of methoxy groups -OCH3 is 1. The molecule has 1 aliphatic heterocycles. The lowest BCUT2D eigenvalue weighted by Gasteiger charge is -2.17. The molecule has 1 aromatic carbocycles. The molecule has 2 nitrogen and oxygen atoms in total. The number of hydrogen-bond donors (Lipinski definition) is 0. The monoisotopic (exact) mass is 178 g/mol. The standard InChI is InChI=1S/C11H14O2/c1-12-8-9-4-5-11-10(7-9)3-2-6-13-11/h4-5,7H,2-3,6,8H2,1H3. The van der Waals surface area contributed by atoms with Crippen molar-refractivity contribution in [2.24, 2.45) is 0 Å². The zero-order valence-electron chi connectivity index (χ0n) is 7.88. The Hall–Kier alpha value is -1.02. The van der Waals surface area contributed by atoms with Gasteiger partial charge in [0.1, 0.15) is 5.75 Å². The first kappa shape index (κ1) is 8.57. The van der Waals surface area contributed by atoms with Gasteiger partial charge in [0, 0.05) is 7.11 Å². The summed E-state index contributed by atoms with van der Waals surface area (Å²) in [5, 5.41) is 0. The Morgan fingerprint density at radius 3 is 3.23 bits per heavy atom. The van der Waals surface area contributed by atoms with E-state index in [9.17, 15) is 0 Å². The maximum atomic E-state index is 5.52. The van der Waals surface area contributed by atoms with Gasteiger partial charge >= 0.3 is 0 Å². The van der Waals surface area contributed by atoms with E-state index in [-0.39, 0.29) is 0 Å². The Kier molecular flexibility index (Phi) is 2.50. The van der Waals surface area contributed by atoms with Crippen LogP contribution in [0.5, 0.6) is 5.75 Å². The van der Waals surface area contributed by atoms with Crippen molar-refractivity contribution in [3.8, 4) is 5.75 Å². The predicted octanol–water partition coefficient (Wildman–Crippen LogP) is 2.16. The number of fused-ring (bicyclic) bond motifs is 1. The molecule has 0 N–H and O–H groups in total. The summed E-state index contributed by atoms with van der Waals surface area (Å²) < 4.78 is 10.6. The molecule has 0 saturated heterocycles. The first-order chi connectivity index (χ1) is 6.40. The number of benzene rings is 1. The average molecular weight is 178 g/mol. The summed E-state index contributed by atoms with van der Waals surface area (Å²) in [6.45, 7) is 1.55. The molecule has 0 atom stereocenters. The Labute approximate surface area is 78.5 Å². The lowest BCUT2D eigenvalue weighted by molar-refractivity contribution is 0.184. The van der Waals surface area contributed by atoms with Crippen molar-refractivity contribution in [3.63, 3.8) is 0 Å². The van der Waals surface area contributed by atoms with E-state index in [0.717, 1.165) is 25.2 Å². The molecule has 0 bridgehead atoms. The molecule has 2 heteroatoms. The molecule has 1 aromatic rings. The van der Waals surface area contributed by atoms with E-state index in [1.807, 2.05) is 6.07 Å². The maximum absolute atomic E-state index is 5.52. The molecule has 0 unspecified atom stereocenters. The lowest BCUT2D eigenvalue weighted by Crippen LogP contribution is -2.08. The van der Waals surface area contributed by atoms with Crippen LogP contribution in [0.1, 0.15) is 17.5 Å². The third kappa shape index (κ3) is 1.83. The van der Waals surface area contributed by atoms with E-state index in [1.165, 1.54) is 11.1 Å². The average Bonchev–Trinajstić information content (AvgIpc) is 2.18. The molecular formula is C11H14O2. The van der Waals surface area contributed by atoms with Crippen LogP contribution in [0.25, 0.3) is 0 Å². The van der Waals surface area contributed by atoms with Gasteiger partial charge in [-0.25, -0.2) is 0 Å². The van der Waals surface area contributed by atoms with Gasteiger partial charge in [-0.3, -0.25) is 0 Å². The SMILES string of the molecule is COCc1ccc2c(c1)CCCO2. The first-order valence-corrected chi connectivity index (χ1v) is 4.63. The van der Waals surface area contributed by atoms with E-state index in [0.29, 0.717) is 6.61 Å². The highest BCUT2D eigenvalue weighted by Gasteiger charge is 2.09. The number of aryl methyl sites for hydroxylation is 1. The van der Waals surface area contributed by atoms with Gasteiger partial charge in [0.15, 0.2) is 0 Å². The molecular weight excluding hydrogens is 164 g/mol. The van der Waals surface area contributed by atoms with Crippen molar-refractivity contribution in [3.05, 3.63) is 29.3 Å². The van der Waals surface area contributed by atoms with Crippen LogP contribution >= 0.6 is 0 Å². The number of hydrogen-bond acceptors (Lipinski definition) is 2. The van der Waals surface area contributed by atoms with Gasteiger partial charge in [-0.15, -0.1) is 0 Å². The molecule has 1 heterocycles. The second-order valence-electron chi connectivity index (χ2n) is 3.33. The molecule has 0 aromatic heterocycles. The van der Waals surface area contributed by atoms with Gasteiger partial charge in [-0.05, 0) is 36.1 Å². The van der Waals surface area contributed by atoms with Crippen molar-refractivity contribution in [2.75, 3.05) is 13.7 Å². The summed E-state index contributed by atoms with van der Waals surface area (Å²) in [6.07, 6.45) is 2.26. The van der Waals surface area contributed by atoms with Crippen molar-refractivity contribution in [1.82, 2.24) is 0 Å². The van der Waals surface area contributed by atoms with E-state index >= 15 is 0 Å². The zero-order chi connectivity index (χ0) is 9.10. The molecule has 70 valence electrons. The summed E-state index contributed by atoms with van der Waals surface area (Å²) in [6, 6.07) is 6.29. The fraction of sp³-hybridized carbons (Fsp3) is 0.455. The second kappa shape index (κ2) is 3.79. The van der Waals surface area contributed by atoms with Crippen molar-refractivity contribution < 1.29 is 9.47 Å². The van der Waals surface area contributed by atoms with Crippen LogP contribution in [0, 0.1) is 0 Å². The Bertz CT molecular complexity index is 294. The fourth-order valence-corrected chi connectivity index (χ4v) is 1.67. The molecule has 13 heavy (non-hydrogen) atoms. The normalized spacial score (nSPS) is 14.8. The van der Waals surface area contributed by atoms with Gasteiger partial charge in [0.05, 0.1) is 13.2 Å².